The van der Waals surface area contributed by atoms with E-state index in [1.807, 2.05) is 18.2 Å². The van der Waals surface area contributed by atoms with E-state index in [0.29, 0.717) is 19.0 Å². The number of amides is 1. The van der Waals surface area contributed by atoms with Gasteiger partial charge in [0, 0.05) is 12.2 Å². The third-order valence-corrected chi connectivity index (χ3v) is 5.31. The molecule has 2 aromatic rings. The zero-order valence-electron chi connectivity index (χ0n) is 15.9. The number of para-hydroxylation sites is 1. The molecule has 2 aromatic carbocycles. The Kier molecular flexibility index (Phi) is 6.29. The third-order valence-electron chi connectivity index (χ3n) is 5.31. The fourth-order valence-corrected chi connectivity index (χ4v) is 3.61. The fraction of sp³-hybridized carbons (Fsp3) is 0.409. The van der Waals surface area contributed by atoms with Crippen LogP contribution in [0.4, 0.5) is 5.69 Å². The van der Waals surface area contributed by atoms with Crippen LogP contribution < -0.4 is 15.1 Å². The van der Waals surface area contributed by atoms with Gasteiger partial charge in [0.1, 0.15) is 0 Å². The number of nitrogens with zero attached hydrogens (tertiary/aromatic N) is 1. The first-order valence-electron chi connectivity index (χ1n) is 9.59. The van der Waals surface area contributed by atoms with Crippen molar-refractivity contribution in [3.63, 3.8) is 0 Å². The molecule has 0 saturated carbocycles. The van der Waals surface area contributed by atoms with Gasteiger partial charge in [0.2, 0.25) is 0 Å². The summed E-state index contributed by atoms with van der Waals surface area (Å²) in [5, 5.41) is 3.11. The molecule has 4 nitrogen and oxygen atoms in total. The summed E-state index contributed by atoms with van der Waals surface area (Å²) in [4.78, 5) is 16.1. The molecule has 0 unspecified atom stereocenters. The van der Waals surface area contributed by atoms with Gasteiger partial charge in [-0.25, -0.2) is 0 Å². The number of anilines is 1. The highest BCUT2D eigenvalue weighted by Gasteiger charge is 2.23. The molecule has 0 aliphatic carbocycles. The molecule has 138 valence electrons. The van der Waals surface area contributed by atoms with Crippen molar-refractivity contribution in [1.82, 2.24) is 5.32 Å². The van der Waals surface area contributed by atoms with Gasteiger partial charge in [-0.05, 0) is 30.0 Å². The van der Waals surface area contributed by atoms with Crippen molar-refractivity contribution in [2.24, 2.45) is 0 Å². The standard InChI is InChI=1S/C22H29N3O/c1-18-8-6-7-11-21(18)25-14-12-24(13-15-25)17-22(26)23-16-19(2)20-9-4-3-5-10-20/h3-11,19H,12-17H2,1-2H3,(H,23,26)/p+1/t19-/m0/s1. The Morgan fingerprint density at radius 1 is 1.08 bits per heavy atom. The smallest absolute Gasteiger partial charge is 0.275 e. The molecule has 0 radical (unpaired) electrons. The van der Waals surface area contributed by atoms with E-state index in [1.165, 1.54) is 21.7 Å². The van der Waals surface area contributed by atoms with E-state index in [4.69, 9.17) is 0 Å². The Hall–Kier alpha value is -2.33. The van der Waals surface area contributed by atoms with Gasteiger partial charge in [-0.2, -0.15) is 0 Å². The number of carbonyl (C=O) groups is 1. The van der Waals surface area contributed by atoms with Crippen LogP contribution >= 0.6 is 0 Å². The van der Waals surface area contributed by atoms with Crippen molar-refractivity contribution in [2.45, 2.75) is 19.8 Å². The predicted octanol–water partition coefficient (Wildman–Crippen LogP) is 1.62. The first kappa shape index (κ1) is 18.5. The highest BCUT2D eigenvalue weighted by molar-refractivity contribution is 5.76. The maximum atomic E-state index is 12.3. The summed E-state index contributed by atoms with van der Waals surface area (Å²) in [6.07, 6.45) is 0. The zero-order chi connectivity index (χ0) is 18.4. The van der Waals surface area contributed by atoms with Gasteiger partial charge >= 0.3 is 0 Å². The molecule has 0 spiro atoms. The Bertz CT molecular complexity index is 708. The second kappa shape index (κ2) is 8.86. The molecular weight excluding hydrogens is 322 g/mol. The van der Waals surface area contributed by atoms with E-state index in [1.54, 1.807) is 0 Å². The highest BCUT2D eigenvalue weighted by atomic mass is 16.2. The van der Waals surface area contributed by atoms with Gasteiger partial charge in [-0.3, -0.25) is 4.79 Å². The van der Waals surface area contributed by atoms with E-state index in [-0.39, 0.29) is 5.91 Å². The predicted molar refractivity (Wildman–Crippen MR) is 107 cm³/mol. The molecule has 1 saturated heterocycles. The molecule has 26 heavy (non-hydrogen) atoms. The van der Waals surface area contributed by atoms with E-state index in [2.05, 4.69) is 60.5 Å². The minimum absolute atomic E-state index is 0.159. The molecule has 1 amide bonds. The van der Waals surface area contributed by atoms with Crippen LogP contribution in [0.15, 0.2) is 54.6 Å². The Labute approximate surface area is 156 Å². The summed E-state index contributed by atoms with van der Waals surface area (Å²) in [6, 6.07) is 18.9. The van der Waals surface area contributed by atoms with Crippen LogP contribution in [-0.2, 0) is 4.79 Å². The summed E-state index contributed by atoms with van der Waals surface area (Å²) in [6.45, 7) is 9.63. The number of hydrogen-bond acceptors (Lipinski definition) is 2. The van der Waals surface area contributed by atoms with Gasteiger partial charge in [-0.1, -0.05) is 55.5 Å². The maximum absolute atomic E-state index is 12.3. The van der Waals surface area contributed by atoms with Crippen LogP contribution in [0.3, 0.4) is 0 Å². The Morgan fingerprint density at radius 2 is 1.73 bits per heavy atom. The van der Waals surface area contributed by atoms with Crippen molar-refractivity contribution < 1.29 is 9.69 Å². The second-order valence-corrected chi connectivity index (χ2v) is 7.32. The molecule has 3 rings (SSSR count). The van der Waals surface area contributed by atoms with Crippen LogP contribution in [0.1, 0.15) is 24.0 Å². The topological polar surface area (TPSA) is 36.8 Å². The van der Waals surface area contributed by atoms with Crippen LogP contribution in [-0.4, -0.2) is 45.2 Å². The molecule has 2 N–H and O–H groups in total. The quantitative estimate of drug-likeness (QED) is 0.829. The molecule has 1 aliphatic rings. The Morgan fingerprint density at radius 3 is 2.42 bits per heavy atom. The lowest BCUT2D eigenvalue weighted by Gasteiger charge is -2.34. The minimum Gasteiger partial charge on any atom is -0.360 e. The summed E-state index contributed by atoms with van der Waals surface area (Å²) in [5.74, 6) is 0.500. The largest absolute Gasteiger partial charge is 0.360 e. The van der Waals surface area contributed by atoms with E-state index < -0.39 is 0 Å². The first-order chi connectivity index (χ1) is 12.6. The molecule has 4 heteroatoms. The fourth-order valence-electron chi connectivity index (χ4n) is 3.61. The van der Waals surface area contributed by atoms with E-state index >= 15 is 0 Å². The number of carbonyl (C=O) groups excluding carboxylic acids is 1. The van der Waals surface area contributed by atoms with E-state index in [9.17, 15) is 4.79 Å². The molecule has 0 bridgehead atoms. The normalized spacial score (nSPS) is 16.3. The summed E-state index contributed by atoms with van der Waals surface area (Å²) in [5.41, 5.74) is 3.92. The monoisotopic (exact) mass is 352 g/mol. The van der Waals surface area contributed by atoms with Gasteiger partial charge in [0.15, 0.2) is 6.54 Å². The number of benzene rings is 2. The number of quaternary nitrogens is 1. The lowest BCUT2D eigenvalue weighted by Crippen LogP contribution is -3.16. The van der Waals surface area contributed by atoms with Gasteiger partial charge in [-0.15, -0.1) is 0 Å². The van der Waals surface area contributed by atoms with Crippen molar-refractivity contribution in [1.29, 1.82) is 0 Å². The average Bonchev–Trinajstić information content (AvgIpc) is 2.68. The van der Waals surface area contributed by atoms with Gasteiger partial charge < -0.3 is 15.1 Å². The molecule has 1 aliphatic heterocycles. The van der Waals surface area contributed by atoms with Crippen LogP contribution in [0.5, 0.6) is 0 Å². The van der Waals surface area contributed by atoms with E-state index in [0.717, 1.165) is 26.2 Å². The summed E-state index contributed by atoms with van der Waals surface area (Å²) >= 11 is 0. The summed E-state index contributed by atoms with van der Waals surface area (Å²) < 4.78 is 0. The zero-order valence-corrected chi connectivity index (χ0v) is 15.9. The SMILES string of the molecule is Cc1ccccc1N1CC[NH+](CC(=O)NC[C@H](C)c2ccccc2)CC1. The minimum atomic E-state index is 0.159. The number of nitrogens with one attached hydrogen (secondary N) is 2. The Balaban J connectivity index is 1.41. The number of hydrogen-bond donors (Lipinski definition) is 2. The molecule has 1 atom stereocenters. The van der Waals surface area contributed by atoms with Gasteiger partial charge in [0.05, 0.1) is 26.2 Å². The molecule has 1 fully saturated rings. The van der Waals surface area contributed by atoms with Crippen molar-refractivity contribution in [2.75, 3.05) is 44.2 Å². The van der Waals surface area contributed by atoms with Crippen LogP contribution in [0.25, 0.3) is 0 Å². The van der Waals surface area contributed by atoms with Crippen molar-refractivity contribution in [3.05, 3.63) is 65.7 Å². The van der Waals surface area contributed by atoms with Gasteiger partial charge in [0.25, 0.3) is 5.91 Å². The van der Waals surface area contributed by atoms with Crippen molar-refractivity contribution in [3.8, 4) is 0 Å². The van der Waals surface area contributed by atoms with Crippen molar-refractivity contribution >= 4 is 11.6 Å². The number of aryl methyl sites for hydroxylation is 1. The number of rotatable bonds is 6. The van der Waals surface area contributed by atoms with Crippen LogP contribution in [0.2, 0.25) is 0 Å². The highest BCUT2D eigenvalue weighted by Crippen LogP contribution is 2.18. The second-order valence-electron chi connectivity index (χ2n) is 7.32. The molecule has 0 aromatic heterocycles. The molecule has 1 heterocycles. The van der Waals surface area contributed by atoms with Crippen LogP contribution in [0, 0.1) is 6.92 Å². The lowest BCUT2D eigenvalue weighted by atomic mass is 10.0. The first-order valence-corrected chi connectivity index (χ1v) is 9.59. The summed E-state index contributed by atoms with van der Waals surface area (Å²) in [7, 11) is 0. The molecular formula is C22H30N3O+. The maximum Gasteiger partial charge on any atom is 0.275 e. The third kappa shape index (κ3) is 4.85. The number of piperazine rings is 1. The lowest BCUT2D eigenvalue weighted by molar-refractivity contribution is -0.892. The average molecular weight is 353 g/mol.